The summed E-state index contributed by atoms with van der Waals surface area (Å²) < 4.78 is 0. The lowest BCUT2D eigenvalue weighted by Gasteiger charge is -2.37. The quantitative estimate of drug-likeness (QED) is 0.536. The van der Waals surface area contributed by atoms with Crippen LogP contribution in [0.3, 0.4) is 0 Å². The number of benzene rings is 2. The first-order valence-electron chi connectivity index (χ1n) is 10.4. The zero-order valence-electron chi connectivity index (χ0n) is 16.3. The first-order chi connectivity index (χ1) is 14.9. The predicted octanol–water partition coefficient (Wildman–Crippen LogP) is 4.80. The minimum Gasteiger partial charge on any atom is -0.321 e. The summed E-state index contributed by atoms with van der Waals surface area (Å²) in [6, 6.07) is 11.4. The molecule has 5 aliphatic rings. The van der Waals surface area contributed by atoms with E-state index in [0.717, 1.165) is 6.42 Å². The molecular weight excluding hydrogens is 435 g/mol. The van der Waals surface area contributed by atoms with Crippen LogP contribution in [0.2, 0.25) is 10.0 Å². The van der Waals surface area contributed by atoms with Crippen LogP contribution in [0.1, 0.15) is 16.8 Å². The molecule has 4 aliphatic carbocycles. The van der Waals surface area contributed by atoms with E-state index in [1.807, 2.05) is 0 Å². The highest BCUT2D eigenvalue weighted by molar-refractivity contribution is 6.36. The van der Waals surface area contributed by atoms with Crippen molar-refractivity contribution in [2.75, 3.05) is 10.2 Å². The molecule has 156 valence electrons. The summed E-state index contributed by atoms with van der Waals surface area (Å²) in [4.78, 5) is 40.3. The Morgan fingerprint density at radius 2 is 1.52 bits per heavy atom. The van der Waals surface area contributed by atoms with Crippen molar-refractivity contribution in [2.24, 2.45) is 35.5 Å². The van der Waals surface area contributed by atoms with Gasteiger partial charge < -0.3 is 5.32 Å². The Morgan fingerprint density at radius 1 is 0.903 bits per heavy atom. The van der Waals surface area contributed by atoms with Gasteiger partial charge in [-0.15, -0.1) is 0 Å². The van der Waals surface area contributed by atoms with Gasteiger partial charge in [-0.25, -0.2) is 0 Å². The number of carbonyl (C=O) groups is 3. The number of amides is 3. The molecule has 2 aromatic carbocycles. The molecule has 0 unspecified atom stereocenters. The summed E-state index contributed by atoms with van der Waals surface area (Å²) in [5.41, 5.74) is 1.36. The number of hydrogen-bond acceptors (Lipinski definition) is 3. The zero-order chi connectivity index (χ0) is 21.4. The lowest BCUT2D eigenvalue weighted by molar-refractivity contribution is -0.124. The maximum absolute atomic E-state index is 13.2. The van der Waals surface area contributed by atoms with Crippen molar-refractivity contribution in [2.45, 2.75) is 6.42 Å². The number of imide groups is 1. The van der Waals surface area contributed by atoms with E-state index in [1.165, 1.54) is 4.90 Å². The van der Waals surface area contributed by atoms with Crippen molar-refractivity contribution in [3.05, 3.63) is 70.2 Å². The molecule has 1 saturated heterocycles. The van der Waals surface area contributed by atoms with Gasteiger partial charge in [0.1, 0.15) is 0 Å². The molecule has 3 amide bonds. The average molecular weight is 453 g/mol. The molecule has 0 aromatic heterocycles. The monoisotopic (exact) mass is 452 g/mol. The first-order valence-corrected chi connectivity index (χ1v) is 11.1. The van der Waals surface area contributed by atoms with Crippen LogP contribution in [0.5, 0.6) is 0 Å². The molecule has 2 bridgehead atoms. The van der Waals surface area contributed by atoms with Gasteiger partial charge in [-0.2, -0.15) is 0 Å². The van der Waals surface area contributed by atoms with Gasteiger partial charge >= 0.3 is 0 Å². The van der Waals surface area contributed by atoms with E-state index in [4.69, 9.17) is 23.2 Å². The molecule has 1 N–H and O–H groups in total. The number of allylic oxidation sites excluding steroid dienone is 2. The predicted molar refractivity (Wildman–Crippen MR) is 118 cm³/mol. The van der Waals surface area contributed by atoms with Crippen LogP contribution in [0, 0.1) is 35.5 Å². The fourth-order valence-corrected chi connectivity index (χ4v) is 6.21. The molecule has 1 heterocycles. The standard InChI is InChI=1S/C24H18Cl2N2O3/c25-12-3-8-19(18(26)9-12)27-22(29)11-1-4-13(5-2-11)28-23(30)20-14-6-7-15(17-10-16(14)17)21(20)24(28)31/h1-9,14-17,20-21H,10H2,(H,27,29)/t14-,15-,16-,17+,20+,21+/m0/s1. The molecule has 5 nitrogen and oxygen atoms in total. The van der Waals surface area contributed by atoms with E-state index in [9.17, 15) is 14.4 Å². The lowest BCUT2D eigenvalue weighted by Crippen LogP contribution is -2.40. The molecule has 0 radical (unpaired) electrons. The van der Waals surface area contributed by atoms with E-state index in [1.54, 1.807) is 42.5 Å². The zero-order valence-corrected chi connectivity index (χ0v) is 17.8. The van der Waals surface area contributed by atoms with Gasteiger partial charge in [0.15, 0.2) is 0 Å². The summed E-state index contributed by atoms with van der Waals surface area (Å²) in [6.45, 7) is 0. The Morgan fingerprint density at radius 3 is 2.10 bits per heavy atom. The number of nitrogens with one attached hydrogen (secondary N) is 1. The molecule has 2 saturated carbocycles. The van der Waals surface area contributed by atoms with Crippen LogP contribution >= 0.6 is 23.2 Å². The molecule has 7 rings (SSSR count). The van der Waals surface area contributed by atoms with Gasteiger partial charge in [-0.3, -0.25) is 19.3 Å². The minimum absolute atomic E-state index is 0.107. The number of carbonyl (C=O) groups excluding carboxylic acids is 3. The molecule has 3 fully saturated rings. The normalized spacial score (nSPS) is 32.1. The summed E-state index contributed by atoms with van der Waals surface area (Å²) in [5, 5.41) is 3.57. The topological polar surface area (TPSA) is 66.5 Å². The fraction of sp³-hybridized carbons (Fsp3) is 0.292. The maximum atomic E-state index is 13.2. The van der Waals surface area contributed by atoms with E-state index in [2.05, 4.69) is 17.5 Å². The molecule has 7 heteroatoms. The maximum Gasteiger partial charge on any atom is 0.255 e. The molecule has 6 atom stereocenters. The van der Waals surface area contributed by atoms with Crippen molar-refractivity contribution in [1.29, 1.82) is 0 Å². The molecular formula is C24H18Cl2N2O3. The third-order valence-corrected chi connectivity index (χ3v) is 7.78. The Bertz CT molecular complexity index is 1140. The summed E-state index contributed by atoms with van der Waals surface area (Å²) in [5.74, 6) is 0.492. The highest BCUT2D eigenvalue weighted by atomic mass is 35.5. The molecule has 1 aliphatic heterocycles. The largest absolute Gasteiger partial charge is 0.321 e. The fourth-order valence-electron chi connectivity index (χ4n) is 5.76. The summed E-state index contributed by atoms with van der Waals surface area (Å²) in [7, 11) is 0. The van der Waals surface area contributed by atoms with Gasteiger partial charge in [0.25, 0.3) is 5.91 Å². The van der Waals surface area contributed by atoms with E-state index < -0.39 is 0 Å². The van der Waals surface area contributed by atoms with Gasteiger partial charge in [-0.1, -0.05) is 35.4 Å². The Labute approximate surface area is 189 Å². The lowest BCUT2D eigenvalue weighted by atomic mass is 9.63. The third kappa shape index (κ3) is 2.80. The van der Waals surface area contributed by atoms with Crippen LogP contribution < -0.4 is 10.2 Å². The van der Waals surface area contributed by atoms with Crippen LogP contribution in [0.4, 0.5) is 11.4 Å². The van der Waals surface area contributed by atoms with E-state index >= 15 is 0 Å². The van der Waals surface area contributed by atoms with Gasteiger partial charge in [0, 0.05) is 10.6 Å². The molecule has 0 spiro atoms. The molecule has 31 heavy (non-hydrogen) atoms. The Balaban J connectivity index is 1.23. The van der Waals surface area contributed by atoms with Gasteiger partial charge in [-0.05, 0) is 72.6 Å². The minimum atomic E-state index is -0.342. The number of nitrogens with zero attached hydrogens (tertiary/aromatic N) is 1. The van der Waals surface area contributed by atoms with Crippen molar-refractivity contribution < 1.29 is 14.4 Å². The molecule has 2 aromatic rings. The first kappa shape index (κ1) is 19.1. The van der Waals surface area contributed by atoms with Crippen molar-refractivity contribution >= 4 is 52.3 Å². The number of anilines is 2. The van der Waals surface area contributed by atoms with Crippen LogP contribution in [0.15, 0.2) is 54.6 Å². The number of halogens is 2. The number of hydrogen-bond donors (Lipinski definition) is 1. The van der Waals surface area contributed by atoms with Gasteiger partial charge in [0.2, 0.25) is 11.8 Å². The van der Waals surface area contributed by atoms with Crippen molar-refractivity contribution in [3.63, 3.8) is 0 Å². The second kappa shape index (κ2) is 6.68. The smallest absolute Gasteiger partial charge is 0.255 e. The van der Waals surface area contributed by atoms with Gasteiger partial charge in [0.05, 0.1) is 28.2 Å². The summed E-state index contributed by atoms with van der Waals surface area (Å²) in [6.07, 6.45) is 5.45. The Kier molecular flexibility index (Phi) is 4.11. The average Bonchev–Trinajstić information content (AvgIpc) is 3.54. The highest BCUT2D eigenvalue weighted by Gasteiger charge is 2.67. The van der Waals surface area contributed by atoms with E-state index in [0.29, 0.717) is 38.8 Å². The van der Waals surface area contributed by atoms with E-state index in [-0.39, 0.29) is 41.4 Å². The van der Waals surface area contributed by atoms with Crippen molar-refractivity contribution in [1.82, 2.24) is 0 Å². The Hall–Kier alpha value is -2.63. The van der Waals surface area contributed by atoms with Crippen LogP contribution in [0.25, 0.3) is 0 Å². The third-order valence-electron chi connectivity index (χ3n) is 7.23. The van der Waals surface area contributed by atoms with Crippen LogP contribution in [-0.2, 0) is 9.59 Å². The highest BCUT2D eigenvalue weighted by Crippen LogP contribution is 2.65. The SMILES string of the molecule is O=C(Nc1ccc(Cl)cc1Cl)c1ccc(N2C(=O)[C@@H]3[C@H]4C=C[C@@H]([C@@H]5C[C@H]45)[C@H]3C2=O)cc1. The number of rotatable bonds is 3. The summed E-state index contributed by atoms with van der Waals surface area (Å²) >= 11 is 12.0. The second-order valence-electron chi connectivity index (χ2n) is 8.79. The second-order valence-corrected chi connectivity index (χ2v) is 9.64. The van der Waals surface area contributed by atoms with Crippen molar-refractivity contribution in [3.8, 4) is 0 Å². The van der Waals surface area contributed by atoms with Crippen LogP contribution in [-0.4, -0.2) is 17.7 Å².